The third-order valence-electron chi connectivity index (χ3n) is 2.42. The number of rotatable bonds is 2. The number of thiazole rings is 1. The highest BCUT2D eigenvalue weighted by Crippen LogP contribution is 2.28. The van der Waals surface area contributed by atoms with Crippen molar-refractivity contribution in [2.75, 3.05) is 13.1 Å². The lowest BCUT2D eigenvalue weighted by molar-refractivity contribution is 0.285. The minimum Gasteiger partial charge on any atom is -0.391 e. The molecule has 0 atom stereocenters. The average molecular weight is 198 g/mol. The molecule has 1 aromatic heterocycles. The Hall–Kier alpha value is -0.450. The number of hydrogen-bond acceptors (Lipinski definition) is 4. The van der Waals surface area contributed by atoms with Gasteiger partial charge in [-0.15, -0.1) is 11.3 Å². The second kappa shape index (κ2) is 4.17. The van der Waals surface area contributed by atoms with Crippen LogP contribution in [0.5, 0.6) is 0 Å². The topological polar surface area (TPSA) is 45.2 Å². The molecule has 2 N–H and O–H groups in total. The number of aliphatic hydroxyl groups excluding tert-OH is 1. The van der Waals surface area contributed by atoms with E-state index in [9.17, 15) is 0 Å². The van der Waals surface area contributed by atoms with Gasteiger partial charge in [-0.25, -0.2) is 4.98 Å². The van der Waals surface area contributed by atoms with Crippen molar-refractivity contribution in [2.45, 2.75) is 25.4 Å². The summed E-state index contributed by atoms with van der Waals surface area (Å²) in [7, 11) is 0. The second-order valence-electron chi connectivity index (χ2n) is 3.35. The van der Waals surface area contributed by atoms with E-state index in [0.29, 0.717) is 5.92 Å². The van der Waals surface area contributed by atoms with E-state index < -0.39 is 0 Å². The Morgan fingerprint density at radius 1 is 1.54 bits per heavy atom. The minimum absolute atomic E-state index is 0.128. The monoisotopic (exact) mass is 198 g/mol. The molecule has 1 fully saturated rings. The Morgan fingerprint density at radius 3 is 2.92 bits per heavy atom. The Balaban J connectivity index is 2.05. The first-order valence-electron chi connectivity index (χ1n) is 4.66. The molecule has 1 aromatic rings. The highest BCUT2D eigenvalue weighted by atomic mass is 32.1. The summed E-state index contributed by atoms with van der Waals surface area (Å²) in [5.41, 5.74) is 0. The number of nitrogens with zero attached hydrogens (tertiary/aromatic N) is 1. The zero-order valence-electron chi connectivity index (χ0n) is 7.49. The Morgan fingerprint density at radius 2 is 2.31 bits per heavy atom. The van der Waals surface area contributed by atoms with Crippen LogP contribution in [0.3, 0.4) is 0 Å². The van der Waals surface area contributed by atoms with Crippen molar-refractivity contribution in [3.63, 3.8) is 0 Å². The van der Waals surface area contributed by atoms with E-state index in [-0.39, 0.29) is 6.61 Å². The molecule has 0 spiro atoms. The lowest BCUT2D eigenvalue weighted by Gasteiger charge is -2.20. The molecule has 0 radical (unpaired) electrons. The summed E-state index contributed by atoms with van der Waals surface area (Å²) >= 11 is 1.65. The van der Waals surface area contributed by atoms with Crippen LogP contribution in [0.15, 0.2) is 6.20 Å². The van der Waals surface area contributed by atoms with Gasteiger partial charge in [0.2, 0.25) is 0 Å². The second-order valence-corrected chi connectivity index (χ2v) is 4.49. The molecular weight excluding hydrogens is 184 g/mol. The Bertz CT molecular complexity index is 268. The third-order valence-corrected chi connectivity index (χ3v) is 3.56. The summed E-state index contributed by atoms with van der Waals surface area (Å²) in [5, 5.41) is 13.4. The van der Waals surface area contributed by atoms with Gasteiger partial charge in [0.1, 0.15) is 0 Å². The fourth-order valence-electron chi connectivity index (χ4n) is 1.65. The van der Waals surface area contributed by atoms with Crippen LogP contribution in [-0.2, 0) is 6.61 Å². The van der Waals surface area contributed by atoms with Gasteiger partial charge in [-0.3, -0.25) is 0 Å². The normalized spacial score (nSPS) is 19.2. The van der Waals surface area contributed by atoms with Crippen LogP contribution in [0.1, 0.15) is 28.6 Å². The molecular formula is C9H14N2OS. The van der Waals surface area contributed by atoms with Crippen LogP contribution in [0.4, 0.5) is 0 Å². The summed E-state index contributed by atoms with van der Waals surface area (Å²) in [4.78, 5) is 5.32. The zero-order chi connectivity index (χ0) is 9.10. The molecule has 0 bridgehead atoms. The summed E-state index contributed by atoms with van der Waals surface area (Å²) in [6, 6.07) is 0. The summed E-state index contributed by atoms with van der Waals surface area (Å²) < 4.78 is 0. The van der Waals surface area contributed by atoms with Crippen molar-refractivity contribution in [2.24, 2.45) is 0 Å². The fourth-order valence-corrected chi connectivity index (χ4v) is 2.60. The zero-order valence-corrected chi connectivity index (χ0v) is 8.31. The minimum atomic E-state index is 0.128. The van der Waals surface area contributed by atoms with Crippen molar-refractivity contribution in [1.29, 1.82) is 0 Å². The Labute approximate surface area is 81.8 Å². The molecule has 0 amide bonds. The highest BCUT2D eigenvalue weighted by Gasteiger charge is 2.17. The van der Waals surface area contributed by atoms with Gasteiger partial charge in [0.05, 0.1) is 16.5 Å². The van der Waals surface area contributed by atoms with Gasteiger partial charge in [0.25, 0.3) is 0 Å². The van der Waals surface area contributed by atoms with E-state index in [1.54, 1.807) is 17.5 Å². The van der Waals surface area contributed by atoms with Crippen molar-refractivity contribution in [3.8, 4) is 0 Å². The Kier molecular flexibility index (Phi) is 2.93. The van der Waals surface area contributed by atoms with E-state index >= 15 is 0 Å². The van der Waals surface area contributed by atoms with Crippen LogP contribution in [-0.4, -0.2) is 23.2 Å². The first-order chi connectivity index (χ1) is 6.40. The van der Waals surface area contributed by atoms with E-state index in [0.717, 1.165) is 18.0 Å². The van der Waals surface area contributed by atoms with E-state index in [4.69, 9.17) is 5.11 Å². The van der Waals surface area contributed by atoms with Gasteiger partial charge >= 0.3 is 0 Å². The molecule has 1 aliphatic heterocycles. The van der Waals surface area contributed by atoms with Crippen LogP contribution in [0.2, 0.25) is 0 Å². The largest absolute Gasteiger partial charge is 0.391 e. The van der Waals surface area contributed by atoms with Crippen molar-refractivity contribution in [1.82, 2.24) is 10.3 Å². The molecule has 1 saturated heterocycles. The summed E-state index contributed by atoms with van der Waals surface area (Å²) in [6.45, 7) is 2.32. The summed E-state index contributed by atoms with van der Waals surface area (Å²) in [6.07, 6.45) is 4.15. The smallest absolute Gasteiger partial charge is 0.0960 e. The number of aliphatic hydroxyl groups is 1. The molecule has 0 saturated carbocycles. The molecule has 13 heavy (non-hydrogen) atoms. The number of piperidine rings is 1. The van der Waals surface area contributed by atoms with Crippen molar-refractivity contribution < 1.29 is 5.11 Å². The SMILES string of the molecule is OCc1cnc(C2CCNCC2)s1. The van der Waals surface area contributed by atoms with Crippen molar-refractivity contribution in [3.05, 3.63) is 16.1 Å². The fraction of sp³-hybridized carbons (Fsp3) is 0.667. The molecule has 1 aliphatic rings. The van der Waals surface area contributed by atoms with Gasteiger partial charge in [0.15, 0.2) is 0 Å². The quantitative estimate of drug-likeness (QED) is 0.748. The number of hydrogen-bond donors (Lipinski definition) is 2. The lowest BCUT2D eigenvalue weighted by Crippen LogP contribution is -2.26. The summed E-state index contributed by atoms with van der Waals surface area (Å²) in [5.74, 6) is 0.617. The maximum absolute atomic E-state index is 8.91. The molecule has 4 heteroatoms. The van der Waals surface area contributed by atoms with Gasteiger partial charge in [-0.2, -0.15) is 0 Å². The molecule has 72 valence electrons. The molecule has 3 nitrogen and oxygen atoms in total. The predicted octanol–water partition coefficient (Wildman–Crippen LogP) is 1.10. The first-order valence-corrected chi connectivity index (χ1v) is 5.48. The third kappa shape index (κ3) is 2.07. The predicted molar refractivity (Wildman–Crippen MR) is 52.9 cm³/mol. The first kappa shape index (κ1) is 9.12. The van der Waals surface area contributed by atoms with Crippen molar-refractivity contribution >= 4 is 11.3 Å². The molecule has 0 aliphatic carbocycles. The van der Waals surface area contributed by atoms with Gasteiger partial charge in [-0.1, -0.05) is 0 Å². The average Bonchev–Trinajstić information content (AvgIpc) is 2.67. The molecule has 2 heterocycles. The van der Waals surface area contributed by atoms with E-state index in [1.165, 1.54) is 17.8 Å². The van der Waals surface area contributed by atoms with Gasteiger partial charge < -0.3 is 10.4 Å². The van der Waals surface area contributed by atoms with Gasteiger partial charge in [0, 0.05) is 12.1 Å². The molecule has 0 aromatic carbocycles. The highest BCUT2D eigenvalue weighted by molar-refractivity contribution is 7.11. The van der Waals surface area contributed by atoms with Crippen LogP contribution < -0.4 is 5.32 Å². The van der Waals surface area contributed by atoms with E-state index in [2.05, 4.69) is 10.3 Å². The van der Waals surface area contributed by atoms with Crippen LogP contribution in [0.25, 0.3) is 0 Å². The van der Waals surface area contributed by atoms with E-state index in [1.807, 2.05) is 0 Å². The van der Waals surface area contributed by atoms with Gasteiger partial charge in [-0.05, 0) is 25.9 Å². The maximum atomic E-state index is 8.91. The number of nitrogens with one attached hydrogen (secondary N) is 1. The molecule has 2 rings (SSSR count). The van der Waals surface area contributed by atoms with Crippen LogP contribution >= 0.6 is 11.3 Å². The lowest BCUT2D eigenvalue weighted by atomic mass is 9.99. The maximum Gasteiger partial charge on any atom is 0.0960 e. The number of aromatic nitrogens is 1. The standard InChI is InChI=1S/C9H14N2OS/c12-6-8-5-11-9(13-8)7-1-3-10-4-2-7/h5,7,10,12H,1-4,6H2. The van der Waals surface area contributed by atoms with Crippen LogP contribution in [0, 0.1) is 0 Å². The molecule has 0 unspecified atom stereocenters.